The summed E-state index contributed by atoms with van der Waals surface area (Å²) >= 11 is 0. The van der Waals surface area contributed by atoms with E-state index in [2.05, 4.69) is 12.2 Å². The molecule has 2 rings (SSSR count). The van der Waals surface area contributed by atoms with Crippen LogP contribution in [0.3, 0.4) is 0 Å². The first-order valence-corrected chi connectivity index (χ1v) is 6.22. The molecule has 4 heteroatoms. The van der Waals surface area contributed by atoms with Crippen molar-refractivity contribution >= 4 is 5.91 Å². The van der Waals surface area contributed by atoms with Gasteiger partial charge in [-0.25, -0.2) is 0 Å². The molecule has 1 atom stereocenters. The zero-order chi connectivity index (χ0) is 11.6. The summed E-state index contributed by atoms with van der Waals surface area (Å²) in [5, 5.41) is 3.04. The van der Waals surface area contributed by atoms with Crippen molar-refractivity contribution < 1.29 is 9.53 Å². The second kappa shape index (κ2) is 4.72. The fraction of sp³-hybridized carbons (Fsp3) is 0.917. The van der Waals surface area contributed by atoms with Gasteiger partial charge in [0.2, 0.25) is 5.91 Å². The van der Waals surface area contributed by atoms with Crippen LogP contribution < -0.4 is 11.1 Å². The molecule has 16 heavy (non-hydrogen) atoms. The van der Waals surface area contributed by atoms with Crippen molar-refractivity contribution in [3.63, 3.8) is 0 Å². The second-order valence-corrected chi connectivity index (χ2v) is 5.44. The predicted octanol–water partition coefficient (Wildman–Crippen LogP) is 0.514. The molecule has 0 aromatic rings. The quantitative estimate of drug-likeness (QED) is 0.734. The van der Waals surface area contributed by atoms with E-state index in [0.717, 1.165) is 39.0 Å². The number of ether oxygens (including phenoxy) is 1. The van der Waals surface area contributed by atoms with E-state index in [-0.39, 0.29) is 11.3 Å². The Morgan fingerprint density at radius 1 is 1.56 bits per heavy atom. The van der Waals surface area contributed by atoms with Gasteiger partial charge in [-0.05, 0) is 25.2 Å². The molecule has 1 heterocycles. The number of hydrogen-bond acceptors (Lipinski definition) is 3. The van der Waals surface area contributed by atoms with Crippen LogP contribution in [0.4, 0.5) is 0 Å². The Hall–Kier alpha value is -0.610. The molecule has 0 spiro atoms. The Labute approximate surface area is 96.9 Å². The smallest absolute Gasteiger partial charge is 0.227 e. The van der Waals surface area contributed by atoms with Gasteiger partial charge in [-0.2, -0.15) is 0 Å². The topological polar surface area (TPSA) is 64.4 Å². The first-order valence-electron chi connectivity index (χ1n) is 6.22. The third kappa shape index (κ3) is 2.23. The summed E-state index contributed by atoms with van der Waals surface area (Å²) in [7, 11) is 0. The highest BCUT2D eigenvalue weighted by Gasteiger charge is 2.47. The van der Waals surface area contributed by atoms with E-state index in [9.17, 15) is 4.79 Å². The molecule has 92 valence electrons. The van der Waals surface area contributed by atoms with Gasteiger partial charge in [0.05, 0.1) is 12.0 Å². The third-order valence-corrected chi connectivity index (χ3v) is 3.93. The molecule has 0 bridgehead atoms. The van der Waals surface area contributed by atoms with Crippen LogP contribution in [-0.4, -0.2) is 32.2 Å². The van der Waals surface area contributed by atoms with Crippen LogP contribution >= 0.6 is 0 Å². The van der Waals surface area contributed by atoms with Crippen LogP contribution in [0.1, 0.15) is 26.2 Å². The van der Waals surface area contributed by atoms with Crippen molar-refractivity contribution in [2.75, 3.05) is 26.3 Å². The molecule has 0 radical (unpaired) electrons. The minimum Gasteiger partial charge on any atom is -0.381 e. The van der Waals surface area contributed by atoms with Crippen LogP contribution in [0, 0.1) is 17.3 Å². The van der Waals surface area contributed by atoms with E-state index in [1.165, 1.54) is 0 Å². The zero-order valence-corrected chi connectivity index (χ0v) is 10.00. The molecule has 0 aromatic carbocycles. The van der Waals surface area contributed by atoms with Crippen LogP contribution in [0.15, 0.2) is 0 Å². The summed E-state index contributed by atoms with van der Waals surface area (Å²) in [6.45, 7) is 5.01. The van der Waals surface area contributed by atoms with Gasteiger partial charge in [0.15, 0.2) is 0 Å². The van der Waals surface area contributed by atoms with Gasteiger partial charge in [0, 0.05) is 25.6 Å². The summed E-state index contributed by atoms with van der Waals surface area (Å²) in [5.41, 5.74) is 5.47. The van der Waals surface area contributed by atoms with Crippen LogP contribution in [0.5, 0.6) is 0 Å². The molecule has 1 unspecified atom stereocenters. The number of amides is 1. The minimum atomic E-state index is -0.265. The fourth-order valence-corrected chi connectivity index (χ4v) is 2.89. The number of rotatable bonds is 4. The first-order chi connectivity index (χ1) is 7.66. The van der Waals surface area contributed by atoms with E-state index in [4.69, 9.17) is 10.5 Å². The lowest BCUT2D eigenvalue weighted by Crippen LogP contribution is -2.54. The summed E-state index contributed by atoms with van der Waals surface area (Å²) < 4.78 is 5.28. The number of hydrogen-bond donors (Lipinski definition) is 2. The lowest BCUT2D eigenvalue weighted by molar-refractivity contribution is -0.138. The Balaban J connectivity index is 1.78. The van der Waals surface area contributed by atoms with Crippen molar-refractivity contribution in [3.05, 3.63) is 0 Å². The van der Waals surface area contributed by atoms with Gasteiger partial charge >= 0.3 is 0 Å². The van der Waals surface area contributed by atoms with Gasteiger partial charge < -0.3 is 15.8 Å². The lowest BCUT2D eigenvalue weighted by atomic mass is 9.62. The number of nitrogens with one attached hydrogen (secondary N) is 1. The third-order valence-electron chi connectivity index (χ3n) is 3.93. The summed E-state index contributed by atoms with van der Waals surface area (Å²) in [6.07, 6.45) is 2.94. The van der Waals surface area contributed by atoms with Crippen molar-refractivity contribution in [1.29, 1.82) is 0 Å². The Morgan fingerprint density at radius 2 is 2.31 bits per heavy atom. The Kier molecular flexibility index (Phi) is 3.50. The number of carbonyl (C=O) groups is 1. The molecular weight excluding hydrogens is 204 g/mol. The Morgan fingerprint density at radius 3 is 2.81 bits per heavy atom. The fourth-order valence-electron chi connectivity index (χ4n) is 2.89. The maximum absolute atomic E-state index is 12.0. The van der Waals surface area contributed by atoms with Gasteiger partial charge in [0.1, 0.15) is 0 Å². The van der Waals surface area contributed by atoms with Gasteiger partial charge in [-0.3, -0.25) is 4.79 Å². The summed E-state index contributed by atoms with van der Waals surface area (Å²) in [6, 6.07) is 0. The maximum Gasteiger partial charge on any atom is 0.227 e. The number of nitrogens with two attached hydrogens (primary N) is 1. The van der Waals surface area contributed by atoms with Crippen molar-refractivity contribution in [3.8, 4) is 0 Å². The van der Waals surface area contributed by atoms with E-state index in [1.54, 1.807) is 0 Å². The van der Waals surface area contributed by atoms with E-state index in [0.29, 0.717) is 18.4 Å². The average molecular weight is 226 g/mol. The molecule has 1 amide bonds. The molecule has 2 fully saturated rings. The van der Waals surface area contributed by atoms with Gasteiger partial charge in [0.25, 0.3) is 0 Å². The molecule has 1 aliphatic carbocycles. The number of carbonyl (C=O) groups excluding carboxylic acids is 1. The van der Waals surface area contributed by atoms with Crippen molar-refractivity contribution in [2.24, 2.45) is 23.0 Å². The molecule has 1 saturated heterocycles. The monoisotopic (exact) mass is 226 g/mol. The Bertz CT molecular complexity index is 256. The molecular formula is C12H22N2O2. The average Bonchev–Trinajstić information content (AvgIpc) is 2.73. The summed E-state index contributed by atoms with van der Waals surface area (Å²) in [4.78, 5) is 12.0. The first kappa shape index (κ1) is 11.9. The second-order valence-electron chi connectivity index (χ2n) is 5.44. The largest absolute Gasteiger partial charge is 0.381 e. The van der Waals surface area contributed by atoms with Crippen LogP contribution in [0.2, 0.25) is 0 Å². The van der Waals surface area contributed by atoms with E-state index in [1.807, 2.05) is 0 Å². The van der Waals surface area contributed by atoms with Crippen LogP contribution in [-0.2, 0) is 9.53 Å². The highest BCUT2D eigenvalue weighted by atomic mass is 16.5. The van der Waals surface area contributed by atoms with Crippen molar-refractivity contribution in [1.82, 2.24) is 5.32 Å². The maximum atomic E-state index is 12.0. The molecule has 2 aliphatic rings. The predicted molar refractivity (Wildman–Crippen MR) is 61.8 cm³/mol. The molecule has 1 saturated carbocycles. The standard InChI is InChI=1S/C12H22N2O2/c1-9-4-12(5-9,8-13)11(15)14-6-10-2-3-16-7-10/h9-10H,2-8,13H2,1H3,(H,14,15). The van der Waals surface area contributed by atoms with E-state index >= 15 is 0 Å². The highest BCUT2D eigenvalue weighted by molar-refractivity contribution is 5.83. The van der Waals surface area contributed by atoms with Gasteiger partial charge in [-0.15, -0.1) is 0 Å². The lowest BCUT2D eigenvalue weighted by Gasteiger charge is -2.44. The zero-order valence-electron chi connectivity index (χ0n) is 10.00. The molecule has 3 N–H and O–H groups in total. The normalized spacial score (nSPS) is 38.1. The van der Waals surface area contributed by atoms with Gasteiger partial charge in [-0.1, -0.05) is 6.92 Å². The SMILES string of the molecule is CC1CC(CN)(C(=O)NCC2CCOC2)C1. The molecule has 1 aliphatic heterocycles. The molecule has 4 nitrogen and oxygen atoms in total. The highest BCUT2D eigenvalue weighted by Crippen LogP contribution is 2.44. The van der Waals surface area contributed by atoms with E-state index < -0.39 is 0 Å². The minimum absolute atomic E-state index is 0.153. The molecule has 0 aromatic heterocycles. The summed E-state index contributed by atoms with van der Waals surface area (Å²) in [5.74, 6) is 1.29. The van der Waals surface area contributed by atoms with Crippen molar-refractivity contribution in [2.45, 2.75) is 26.2 Å². The van der Waals surface area contributed by atoms with Crippen LogP contribution in [0.25, 0.3) is 0 Å².